The summed E-state index contributed by atoms with van der Waals surface area (Å²) in [6, 6.07) is 0. The normalized spacial score (nSPS) is 25.1. The first-order chi connectivity index (χ1) is 8.70. The minimum Gasteiger partial charge on any atom is -0.481 e. The van der Waals surface area contributed by atoms with Gasteiger partial charge in [-0.25, -0.2) is 0 Å². The van der Waals surface area contributed by atoms with Gasteiger partial charge in [0.2, 0.25) is 5.91 Å². The number of carbonyl (C=O) groups excluding carboxylic acids is 1. The van der Waals surface area contributed by atoms with Crippen molar-refractivity contribution in [3.63, 3.8) is 0 Å². The molecule has 0 aromatic rings. The molecule has 0 aliphatic carbocycles. The van der Waals surface area contributed by atoms with Crippen molar-refractivity contribution in [2.75, 3.05) is 19.6 Å². The summed E-state index contributed by atoms with van der Waals surface area (Å²) in [5.41, 5.74) is -0.0595. The number of hydrogen-bond acceptors (Lipinski definition) is 3. The van der Waals surface area contributed by atoms with Crippen molar-refractivity contribution in [1.82, 2.24) is 10.6 Å². The van der Waals surface area contributed by atoms with E-state index < -0.39 is 11.9 Å². The van der Waals surface area contributed by atoms with Gasteiger partial charge in [-0.3, -0.25) is 9.59 Å². The number of amides is 1. The van der Waals surface area contributed by atoms with Crippen molar-refractivity contribution in [2.24, 2.45) is 23.2 Å². The highest BCUT2D eigenvalue weighted by Crippen LogP contribution is 2.24. The molecule has 0 aromatic heterocycles. The van der Waals surface area contributed by atoms with Crippen LogP contribution in [0.5, 0.6) is 0 Å². The summed E-state index contributed by atoms with van der Waals surface area (Å²) >= 11 is 0. The van der Waals surface area contributed by atoms with Crippen molar-refractivity contribution in [3.8, 4) is 0 Å². The minimum absolute atomic E-state index is 0.0299. The predicted octanol–water partition coefficient (Wildman–Crippen LogP) is 1.10. The first-order valence-corrected chi connectivity index (χ1v) is 6.92. The molecule has 1 aliphatic rings. The average Bonchev–Trinajstić information content (AvgIpc) is 2.68. The second-order valence-corrected chi connectivity index (χ2v) is 6.79. The van der Waals surface area contributed by atoms with Gasteiger partial charge in [0.1, 0.15) is 0 Å². The Bertz CT molecular complexity index is 336. The maximum absolute atomic E-state index is 12.0. The topological polar surface area (TPSA) is 78.4 Å². The van der Waals surface area contributed by atoms with Gasteiger partial charge in [-0.05, 0) is 24.3 Å². The van der Waals surface area contributed by atoms with Crippen molar-refractivity contribution < 1.29 is 14.7 Å². The van der Waals surface area contributed by atoms with Crippen LogP contribution in [0.15, 0.2) is 0 Å². The third-order valence-electron chi connectivity index (χ3n) is 3.58. The van der Waals surface area contributed by atoms with Crippen molar-refractivity contribution in [3.05, 3.63) is 0 Å². The van der Waals surface area contributed by atoms with Crippen LogP contribution in [0.4, 0.5) is 0 Å². The number of hydrogen-bond donors (Lipinski definition) is 3. The van der Waals surface area contributed by atoms with E-state index in [9.17, 15) is 14.7 Å². The zero-order valence-electron chi connectivity index (χ0n) is 12.3. The summed E-state index contributed by atoms with van der Waals surface area (Å²) in [6.07, 6.45) is 0.557. The lowest BCUT2D eigenvalue weighted by atomic mass is 9.84. The van der Waals surface area contributed by atoms with Crippen molar-refractivity contribution >= 4 is 11.9 Å². The van der Waals surface area contributed by atoms with Crippen LogP contribution in [0.2, 0.25) is 0 Å². The van der Waals surface area contributed by atoms with Crippen LogP contribution in [0.1, 0.15) is 34.1 Å². The van der Waals surface area contributed by atoms with E-state index in [1.807, 2.05) is 27.7 Å². The summed E-state index contributed by atoms with van der Waals surface area (Å²) in [7, 11) is 0. The molecular weight excluding hydrogens is 244 g/mol. The number of carbonyl (C=O) groups is 2. The Morgan fingerprint density at radius 1 is 1.37 bits per heavy atom. The number of carboxylic acids is 1. The van der Waals surface area contributed by atoms with Crippen LogP contribution >= 0.6 is 0 Å². The first kappa shape index (κ1) is 16.0. The number of nitrogens with one attached hydrogen (secondary N) is 2. The van der Waals surface area contributed by atoms with Gasteiger partial charge < -0.3 is 15.7 Å². The smallest absolute Gasteiger partial charge is 0.308 e. The van der Waals surface area contributed by atoms with Gasteiger partial charge in [0.05, 0.1) is 11.8 Å². The zero-order chi connectivity index (χ0) is 14.6. The average molecular weight is 270 g/mol. The van der Waals surface area contributed by atoms with E-state index >= 15 is 0 Å². The Hall–Kier alpha value is -1.10. The lowest BCUT2D eigenvalue weighted by molar-refractivity contribution is -0.142. The van der Waals surface area contributed by atoms with Crippen molar-refractivity contribution in [2.45, 2.75) is 34.1 Å². The summed E-state index contributed by atoms with van der Waals surface area (Å²) in [4.78, 5) is 23.2. The molecule has 110 valence electrons. The van der Waals surface area contributed by atoms with Crippen LogP contribution in [0.25, 0.3) is 0 Å². The molecule has 5 nitrogen and oxygen atoms in total. The highest BCUT2D eigenvalue weighted by molar-refractivity contribution is 5.80. The second kappa shape index (κ2) is 6.37. The molecule has 1 aliphatic heterocycles. The fourth-order valence-corrected chi connectivity index (χ4v) is 2.50. The highest BCUT2D eigenvalue weighted by Gasteiger charge is 2.31. The van der Waals surface area contributed by atoms with E-state index in [1.54, 1.807) is 0 Å². The molecule has 0 spiro atoms. The van der Waals surface area contributed by atoms with Gasteiger partial charge >= 0.3 is 5.97 Å². The van der Waals surface area contributed by atoms with Gasteiger partial charge in [-0.1, -0.05) is 27.7 Å². The van der Waals surface area contributed by atoms with Crippen LogP contribution in [0.3, 0.4) is 0 Å². The molecule has 1 amide bonds. The standard InChI is InChI=1S/C14H26N2O3/c1-9-6-15-8-11(9)12(17)16-7-10(13(18)19)5-14(2,3)4/h9-11,15H,5-8H2,1-4H3,(H,16,17)(H,18,19). The van der Waals surface area contributed by atoms with Crippen LogP contribution in [0, 0.1) is 23.2 Å². The van der Waals surface area contributed by atoms with E-state index in [4.69, 9.17) is 0 Å². The van der Waals surface area contributed by atoms with Crippen LogP contribution < -0.4 is 10.6 Å². The molecule has 1 saturated heterocycles. The molecule has 0 radical (unpaired) electrons. The summed E-state index contributed by atoms with van der Waals surface area (Å²) in [5, 5.41) is 15.2. The Labute approximate surface area is 115 Å². The Balaban J connectivity index is 2.47. The molecule has 3 atom stereocenters. The maximum Gasteiger partial charge on any atom is 0.308 e. The molecule has 0 aromatic carbocycles. The molecule has 19 heavy (non-hydrogen) atoms. The lowest BCUT2D eigenvalue weighted by Gasteiger charge is -2.24. The Morgan fingerprint density at radius 3 is 2.42 bits per heavy atom. The minimum atomic E-state index is -0.840. The summed E-state index contributed by atoms with van der Waals surface area (Å²) < 4.78 is 0. The molecule has 1 rings (SSSR count). The number of carboxylic acid groups (broad SMARTS) is 1. The van der Waals surface area contributed by atoms with Crippen molar-refractivity contribution in [1.29, 1.82) is 0 Å². The molecular formula is C14H26N2O3. The third-order valence-corrected chi connectivity index (χ3v) is 3.58. The van der Waals surface area contributed by atoms with E-state index in [1.165, 1.54) is 0 Å². The molecule has 5 heteroatoms. The van der Waals surface area contributed by atoms with Gasteiger partial charge in [0.25, 0.3) is 0 Å². The fraction of sp³-hybridized carbons (Fsp3) is 0.857. The van der Waals surface area contributed by atoms with Crippen LogP contribution in [-0.4, -0.2) is 36.6 Å². The number of aliphatic carboxylic acids is 1. The van der Waals surface area contributed by atoms with Gasteiger partial charge in [0, 0.05) is 13.1 Å². The SMILES string of the molecule is CC1CNCC1C(=O)NCC(CC(C)(C)C)C(=O)O. The van der Waals surface area contributed by atoms with Gasteiger partial charge in [-0.15, -0.1) is 0 Å². The lowest BCUT2D eigenvalue weighted by Crippen LogP contribution is -2.39. The first-order valence-electron chi connectivity index (χ1n) is 6.92. The Morgan fingerprint density at radius 2 is 2.00 bits per heavy atom. The molecule has 1 heterocycles. The molecule has 3 unspecified atom stereocenters. The molecule has 1 fully saturated rings. The maximum atomic E-state index is 12.0. The monoisotopic (exact) mass is 270 g/mol. The molecule has 0 bridgehead atoms. The fourth-order valence-electron chi connectivity index (χ4n) is 2.50. The van der Waals surface area contributed by atoms with E-state index in [0.717, 1.165) is 6.54 Å². The summed E-state index contributed by atoms with van der Waals surface area (Å²) in [6.45, 7) is 9.81. The zero-order valence-corrected chi connectivity index (χ0v) is 12.3. The van der Waals surface area contributed by atoms with Gasteiger partial charge in [-0.2, -0.15) is 0 Å². The van der Waals surface area contributed by atoms with Gasteiger partial charge in [0.15, 0.2) is 0 Å². The number of rotatable bonds is 5. The highest BCUT2D eigenvalue weighted by atomic mass is 16.4. The predicted molar refractivity (Wildman–Crippen MR) is 73.7 cm³/mol. The molecule has 0 saturated carbocycles. The van der Waals surface area contributed by atoms with Crippen LogP contribution in [-0.2, 0) is 9.59 Å². The second-order valence-electron chi connectivity index (χ2n) is 6.79. The summed E-state index contributed by atoms with van der Waals surface area (Å²) in [5.74, 6) is -1.12. The van der Waals surface area contributed by atoms with E-state index in [2.05, 4.69) is 10.6 Å². The third kappa shape index (κ3) is 5.19. The quantitative estimate of drug-likeness (QED) is 0.699. The largest absolute Gasteiger partial charge is 0.481 e. The van der Waals surface area contributed by atoms with E-state index in [-0.39, 0.29) is 23.8 Å². The van der Waals surface area contributed by atoms with E-state index in [0.29, 0.717) is 18.9 Å². The molecule has 3 N–H and O–H groups in total. The Kier molecular flexibility index (Phi) is 5.35.